The fourth-order valence-electron chi connectivity index (χ4n) is 3.59. The maximum Gasteiger partial charge on any atom is 0.343 e. The summed E-state index contributed by atoms with van der Waals surface area (Å²) in [6.45, 7) is 0. The predicted octanol–water partition coefficient (Wildman–Crippen LogP) is 4.57. The lowest BCUT2D eigenvalue weighted by Gasteiger charge is -2.09. The summed E-state index contributed by atoms with van der Waals surface area (Å²) in [5.41, 5.74) is 4.34. The SMILES string of the molecule is N#Cc1c(NC(=O)C(=O)NN=Cc2cc(Br)ccc2OC(=O)c2ccccc2)sc2c1CCCC2. The molecule has 4 rings (SSSR count). The number of nitrogens with zero attached hydrogens (tertiary/aromatic N) is 2. The number of rotatable bonds is 5. The molecular weight excluding hydrogens is 532 g/mol. The highest BCUT2D eigenvalue weighted by Crippen LogP contribution is 2.37. The van der Waals surface area contributed by atoms with E-state index < -0.39 is 17.8 Å². The molecular formula is C25H19BrN4O4S. The van der Waals surface area contributed by atoms with Crippen LogP contribution in [0.3, 0.4) is 0 Å². The van der Waals surface area contributed by atoms with Crippen LogP contribution < -0.4 is 15.5 Å². The van der Waals surface area contributed by atoms with E-state index in [-0.39, 0.29) is 5.75 Å². The molecule has 1 heterocycles. The Labute approximate surface area is 213 Å². The number of amides is 2. The van der Waals surface area contributed by atoms with E-state index in [0.717, 1.165) is 36.1 Å². The van der Waals surface area contributed by atoms with Gasteiger partial charge < -0.3 is 10.1 Å². The molecule has 0 spiro atoms. The number of hydrazone groups is 1. The largest absolute Gasteiger partial charge is 0.422 e. The van der Waals surface area contributed by atoms with Gasteiger partial charge in [0.25, 0.3) is 0 Å². The van der Waals surface area contributed by atoms with Crippen molar-refractivity contribution in [2.24, 2.45) is 5.10 Å². The number of ether oxygens (including phenoxy) is 1. The maximum absolute atomic E-state index is 12.4. The molecule has 0 unspecified atom stereocenters. The van der Waals surface area contributed by atoms with E-state index in [9.17, 15) is 19.6 Å². The number of fused-ring (bicyclic) bond motifs is 1. The Hall–Kier alpha value is -3.81. The van der Waals surface area contributed by atoms with Crippen molar-refractivity contribution in [2.75, 3.05) is 5.32 Å². The summed E-state index contributed by atoms with van der Waals surface area (Å²) in [4.78, 5) is 38.1. The van der Waals surface area contributed by atoms with Crippen molar-refractivity contribution in [1.82, 2.24) is 5.43 Å². The number of halogens is 1. The van der Waals surface area contributed by atoms with Crippen LogP contribution in [-0.4, -0.2) is 24.0 Å². The monoisotopic (exact) mass is 550 g/mol. The van der Waals surface area contributed by atoms with Gasteiger partial charge in [-0.3, -0.25) is 9.59 Å². The summed E-state index contributed by atoms with van der Waals surface area (Å²) in [5.74, 6) is -2.23. The first-order chi connectivity index (χ1) is 17.0. The first-order valence-electron chi connectivity index (χ1n) is 10.7. The van der Waals surface area contributed by atoms with Crippen LogP contribution in [0.1, 0.15) is 44.8 Å². The molecule has 0 saturated carbocycles. The highest BCUT2D eigenvalue weighted by Gasteiger charge is 2.23. The number of carbonyl (C=O) groups is 3. The van der Waals surface area contributed by atoms with Crippen molar-refractivity contribution in [3.63, 3.8) is 0 Å². The number of esters is 1. The van der Waals surface area contributed by atoms with Gasteiger partial charge in [-0.2, -0.15) is 10.4 Å². The molecule has 2 amide bonds. The Morgan fingerprint density at radius 3 is 2.63 bits per heavy atom. The van der Waals surface area contributed by atoms with Crippen molar-refractivity contribution in [3.8, 4) is 11.8 Å². The van der Waals surface area contributed by atoms with E-state index in [1.165, 1.54) is 17.6 Å². The third kappa shape index (κ3) is 5.82. The molecule has 2 N–H and O–H groups in total. The molecule has 35 heavy (non-hydrogen) atoms. The van der Waals surface area contributed by atoms with Crippen molar-refractivity contribution >= 4 is 56.3 Å². The van der Waals surface area contributed by atoms with Gasteiger partial charge in [-0.1, -0.05) is 34.1 Å². The van der Waals surface area contributed by atoms with Crippen molar-refractivity contribution in [3.05, 3.63) is 80.1 Å². The highest BCUT2D eigenvalue weighted by molar-refractivity contribution is 9.10. The Balaban J connectivity index is 1.42. The van der Waals surface area contributed by atoms with E-state index in [4.69, 9.17) is 4.74 Å². The van der Waals surface area contributed by atoms with Crippen LogP contribution in [0.25, 0.3) is 0 Å². The van der Waals surface area contributed by atoms with Crippen molar-refractivity contribution in [2.45, 2.75) is 25.7 Å². The molecule has 1 aromatic heterocycles. The van der Waals surface area contributed by atoms with Crippen LogP contribution in [-0.2, 0) is 22.4 Å². The number of carbonyl (C=O) groups excluding carboxylic acids is 3. The summed E-state index contributed by atoms with van der Waals surface area (Å²) in [5, 5.41) is 16.2. The third-order valence-corrected chi connectivity index (χ3v) is 6.97. The van der Waals surface area contributed by atoms with Crippen LogP contribution in [0.15, 0.2) is 58.1 Å². The Kier molecular flexibility index (Phi) is 7.70. The Bertz CT molecular complexity index is 1360. The number of nitriles is 1. The standard InChI is InChI=1S/C25H19BrN4O4S/c26-17-10-11-20(34-25(33)15-6-2-1-3-7-15)16(12-17)14-28-30-23(32)22(31)29-24-19(13-27)18-8-4-5-9-21(18)35-24/h1-3,6-7,10-12,14H,4-5,8-9H2,(H,29,31)(H,30,32). The van der Waals surface area contributed by atoms with E-state index in [1.54, 1.807) is 48.5 Å². The predicted molar refractivity (Wildman–Crippen MR) is 136 cm³/mol. The zero-order chi connectivity index (χ0) is 24.8. The second kappa shape index (κ2) is 11.1. The van der Waals surface area contributed by atoms with Gasteiger partial charge in [-0.15, -0.1) is 11.3 Å². The number of anilines is 1. The van der Waals surface area contributed by atoms with Crippen molar-refractivity contribution < 1.29 is 19.1 Å². The minimum Gasteiger partial charge on any atom is -0.422 e. The smallest absolute Gasteiger partial charge is 0.343 e. The molecule has 0 fully saturated rings. The van der Waals surface area contributed by atoms with E-state index in [0.29, 0.717) is 26.2 Å². The molecule has 0 saturated heterocycles. The lowest BCUT2D eigenvalue weighted by atomic mass is 9.96. The molecule has 10 heteroatoms. The van der Waals surface area contributed by atoms with Crippen LogP contribution in [0.4, 0.5) is 5.00 Å². The molecule has 3 aromatic rings. The molecule has 1 aliphatic rings. The maximum atomic E-state index is 12.4. The van der Waals surface area contributed by atoms with Gasteiger partial charge >= 0.3 is 17.8 Å². The Morgan fingerprint density at radius 2 is 1.86 bits per heavy atom. The van der Waals surface area contributed by atoms with Crippen LogP contribution >= 0.6 is 27.3 Å². The summed E-state index contributed by atoms with van der Waals surface area (Å²) < 4.78 is 6.17. The average Bonchev–Trinajstić information content (AvgIpc) is 3.22. The lowest BCUT2D eigenvalue weighted by Crippen LogP contribution is -2.32. The minimum atomic E-state index is -0.991. The minimum absolute atomic E-state index is 0.229. The topological polar surface area (TPSA) is 121 Å². The van der Waals surface area contributed by atoms with Gasteiger partial charge in [0, 0.05) is 14.9 Å². The number of thiophene rings is 1. The third-order valence-electron chi connectivity index (χ3n) is 5.27. The van der Waals surface area contributed by atoms with Gasteiger partial charge in [0.1, 0.15) is 16.8 Å². The van der Waals surface area contributed by atoms with E-state index in [1.807, 2.05) is 0 Å². The molecule has 176 valence electrons. The molecule has 0 bridgehead atoms. The number of hydrogen-bond donors (Lipinski definition) is 2. The van der Waals surface area contributed by atoms with Gasteiger partial charge in [0.15, 0.2) is 0 Å². The summed E-state index contributed by atoms with van der Waals surface area (Å²) in [6, 6.07) is 15.6. The zero-order valence-corrected chi connectivity index (χ0v) is 20.7. The summed E-state index contributed by atoms with van der Waals surface area (Å²) >= 11 is 4.68. The average molecular weight is 551 g/mol. The summed E-state index contributed by atoms with van der Waals surface area (Å²) in [6.07, 6.45) is 4.97. The zero-order valence-electron chi connectivity index (χ0n) is 18.3. The van der Waals surface area contributed by atoms with Gasteiger partial charge in [-0.05, 0) is 61.6 Å². The number of aryl methyl sites for hydroxylation is 1. The Morgan fingerprint density at radius 1 is 1.09 bits per heavy atom. The van der Waals surface area contributed by atoms with Gasteiger partial charge in [0.05, 0.1) is 17.3 Å². The van der Waals surface area contributed by atoms with Crippen molar-refractivity contribution in [1.29, 1.82) is 5.26 Å². The molecule has 0 atom stereocenters. The second-order valence-electron chi connectivity index (χ2n) is 7.62. The first-order valence-corrected chi connectivity index (χ1v) is 12.3. The molecule has 0 aliphatic heterocycles. The van der Waals surface area contributed by atoms with E-state index in [2.05, 4.69) is 37.8 Å². The van der Waals surface area contributed by atoms with E-state index >= 15 is 0 Å². The molecule has 2 aromatic carbocycles. The fraction of sp³-hybridized carbons (Fsp3) is 0.160. The molecule has 1 aliphatic carbocycles. The fourth-order valence-corrected chi connectivity index (χ4v) is 5.20. The number of hydrogen-bond acceptors (Lipinski definition) is 7. The second-order valence-corrected chi connectivity index (χ2v) is 9.64. The lowest BCUT2D eigenvalue weighted by molar-refractivity contribution is -0.136. The molecule has 8 nitrogen and oxygen atoms in total. The highest BCUT2D eigenvalue weighted by atomic mass is 79.9. The number of nitrogens with one attached hydrogen (secondary N) is 2. The molecule has 0 radical (unpaired) electrons. The normalized spacial score (nSPS) is 12.5. The quantitative estimate of drug-likeness (QED) is 0.158. The van der Waals surface area contributed by atoms with Crippen LogP contribution in [0, 0.1) is 11.3 Å². The summed E-state index contributed by atoms with van der Waals surface area (Å²) in [7, 11) is 0. The first kappa shape index (κ1) is 24.3. The van der Waals surface area contributed by atoms with Crippen LogP contribution in [0.5, 0.6) is 5.75 Å². The van der Waals surface area contributed by atoms with Gasteiger partial charge in [-0.25, -0.2) is 10.2 Å². The van der Waals surface area contributed by atoms with Crippen LogP contribution in [0.2, 0.25) is 0 Å². The number of benzene rings is 2. The van der Waals surface area contributed by atoms with Gasteiger partial charge in [0.2, 0.25) is 0 Å².